The lowest BCUT2D eigenvalue weighted by Gasteiger charge is -2.24. The van der Waals surface area contributed by atoms with Crippen LogP contribution in [0, 0.1) is 5.41 Å². The fourth-order valence-electron chi connectivity index (χ4n) is 2.81. The molecule has 0 radical (unpaired) electrons. The van der Waals surface area contributed by atoms with Gasteiger partial charge in [-0.3, -0.25) is 0 Å². The van der Waals surface area contributed by atoms with Gasteiger partial charge in [-0.05, 0) is 29.9 Å². The topological polar surface area (TPSA) is 70.6 Å². The van der Waals surface area contributed by atoms with Gasteiger partial charge in [0.1, 0.15) is 0 Å². The first kappa shape index (κ1) is 15.1. The molecule has 1 fully saturated rings. The smallest absolute Gasteiger partial charge is 0.170 e. The van der Waals surface area contributed by atoms with Crippen molar-refractivity contribution in [1.29, 1.82) is 0 Å². The van der Waals surface area contributed by atoms with Crippen LogP contribution in [0.25, 0.3) is 0 Å². The Kier molecular flexibility index (Phi) is 4.89. The molecule has 0 saturated heterocycles. The Labute approximate surface area is 125 Å². The molecule has 1 aromatic rings. The second-order valence-electron chi connectivity index (χ2n) is 5.91. The minimum absolute atomic E-state index is 0.0740. The number of nitrogens with two attached hydrogens (primary N) is 1. The van der Waals surface area contributed by atoms with Crippen LogP contribution in [-0.4, -0.2) is 17.6 Å². The predicted molar refractivity (Wildman–Crippen MR) is 82.2 cm³/mol. The number of rotatable bonds is 5. The van der Waals surface area contributed by atoms with Crippen molar-refractivity contribution in [2.75, 3.05) is 6.54 Å². The van der Waals surface area contributed by atoms with Gasteiger partial charge >= 0.3 is 0 Å². The number of hydrogen-bond acceptors (Lipinski definition) is 3. The SMILES string of the molecule is CC1(CNCc2ccc(/C(N)=N/O)cc2Cl)CCCC1. The Balaban J connectivity index is 1.93. The van der Waals surface area contributed by atoms with Gasteiger partial charge in [0.2, 0.25) is 0 Å². The quantitative estimate of drug-likeness (QED) is 0.338. The van der Waals surface area contributed by atoms with Gasteiger partial charge in [-0.2, -0.15) is 0 Å². The summed E-state index contributed by atoms with van der Waals surface area (Å²) in [5, 5.41) is 15.7. The normalized spacial score (nSPS) is 18.4. The number of hydrogen-bond donors (Lipinski definition) is 3. The zero-order valence-electron chi connectivity index (χ0n) is 11.8. The van der Waals surface area contributed by atoms with E-state index in [1.54, 1.807) is 6.07 Å². The molecular weight excluding hydrogens is 274 g/mol. The van der Waals surface area contributed by atoms with Crippen LogP contribution in [0.1, 0.15) is 43.7 Å². The van der Waals surface area contributed by atoms with Crippen molar-refractivity contribution in [1.82, 2.24) is 5.32 Å². The van der Waals surface area contributed by atoms with Crippen molar-refractivity contribution in [3.63, 3.8) is 0 Å². The van der Waals surface area contributed by atoms with Gasteiger partial charge in [0, 0.05) is 23.7 Å². The summed E-state index contributed by atoms with van der Waals surface area (Å²) in [6.45, 7) is 4.10. The Morgan fingerprint density at radius 2 is 2.15 bits per heavy atom. The van der Waals surface area contributed by atoms with Crippen molar-refractivity contribution in [2.45, 2.75) is 39.2 Å². The molecule has 0 atom stereocenters. The van der Waals surface area contributed by atoms with E-state index < -0.39 is 0 Å². The summed E-state index contributed by atoms with van der Waals surface area (Å²) in [5.41, 5.74) is 7.63. The number of nitrogens with one attached hydrogen (secondary N) is 1. The second-order valence-corrected chi connectivity index (χ2v) is 6.32. The molecule has 4 nitrogen and oxygen atoms in total. The molecule has 1 aromatic carbocycles. The van der Waals surface area contributed by atoms with E-state index in [1.807, 2.05) is 12.1 Å². The summed E-state index contributed by atoms with van der Waals surface area (Å²) >= 11 is 6.23. The minimum atomic E-state index is 0.0740. The predicted octanol–water partition coefficient (Wildman–Crippen LogP) is 3.10. The Bertz CT molecular complexity index is 496. The summed E-state index contributed by atoms with van der Waals surface area (Å²) < 4.78 is 0. The van der Waals surface area contributed by atoms with Gasteiger partial charge in [0.25, 0.3) is 0 Å². The second kappa shape index (κ2) is 6.46. The van der Waals surface area contributed by atoms with Crippen molar-refractivity contribution >= 4 is 17.4 Å². The lowest BCUT2D eigenvalue weighted by molar-refractivity contribution is 0.314. The monoisotopic (exact) mass is 295 g/mol. The molecule has 0 unspecified atom stereocenters. The summed E-state index contributed by atoms with van der Waals surface area (Å²) in [5.74, 6) is 0.0740. The van der Waals surface area contributed by atoms with Gasteiger partial charge in [0.15, 0.2) is 5.84 Å². The fraction of sp³-hybridized carbons (Fsp3) is 0.533. The lowest BCUT2D eigenvalue weighted by atomic mass is 9.89. The molecule has 1 saturated carbocycles. The van der Waals surface area contributed by atoms with Crippen LogP contribution in [-0.2, 0) is 6.54 Å². The first-order valence-corrected chi connectivity index (χ1v) is 7.39. The maximum absolute atomic E-state index is 8.65. The zero-order chi connectivity index (χ0) is 14.6. The molecule has 4 N–H and O–H groups in total. The van der Waals surface area contributed by atoms with E-state index in [0.29, 0.717) is 16.0 Å². The minimum Gasteiger partial charge on any atom is -0.409 e. The number of amidine groups is 1. The summed E-state index contributed by atoms with van der Waals surface area (Å²) in [4.78, 5) is 0. The zero-order valence-corrected chi connectivity index (χ0v) is 12.6. The molecule has 1 aliphatic carbocycles. The van der Waals surface area contributed by atoms with Crippen molar-refractivity contribution in [2.24, 2.45) is 16.3 Å². The molecule has 0 aliphatic heterocycles. The van der Waals surface area contributed by atoms with Gasteiger partial charge in [-0.1, -0.05) is 48.7 Å². The first-order chi connectivity index (χ1) is 9.54. The Morgan fingerprint density at radius 3 is 2.75 bits per heavy atom. The summed E-state index contributed by atoms with van der Waals surface area (Å²) in [6.07, 6.45) is 5.28. The van der Waals surface area contributed by atoms with Gasteiger partial charge in [-0.15, -0.1) is 0 Å². The summed E-state index contributed by atoms with van der Waals surface area (Å²) in [6, 6.07) is 5.46. The molecular formula is C15H22ClN3O. The van der Waals surface area contributed by atoms with E-state index in [4.69, 9.17) is 22.5 Å². The first-order valence-electron chi connectivity index (χ1n) is 7.01. The van der Waals surface area contributed by atoms with Crippen LogP contribution in [0.15, 0.2) is 23.4 Å². The standard InChI is InChI=1S/C15H22ClN3O/c1-15(6-2-3-7-15)10-18-9-12-5-4-11(8-13(12)16)14(17)19-20/h4-5,8,18,20H,2-3,6-7,9-10H2,1H3,(H2,17,19). The molecule has 20 heavy (non-hydrogen) atoms. The third-order valence-corrected chi connectivity index (χ3v) is 4.49. The van der Waals surface area contributed by atoms with Crippen LogP contribution in [0.3, 0.4) is 0 Å². The maximum Gasteiger partial charge on any atom is 0.170 e. The molecule has 0 aromatic heterocycles. The number of oxime groups is 1. The highest BCUT2D eigenvalue weighted by molar-refractivity contribution is 6.31. The fourth-order valence-corrected chi connectivity index (χ4v) is 3.06. The maximum atomic E-state index is 8.65. The van der Waals surface area contributed by atoms with Crippen LogP contribution < -0.4 is 11.1 Å². The van der Waals surface area contributed by atoms with Crippen molar-refractivity contribution < 1.29 is 5.21 Å². The van der Waals surface area contributed by atoms with Crippen LogP contribution >= 0.6 is 11.6 Å². The molecule has 5 heteroatoms. The van der Waals surface area contributed by atoms with E-state index in [0.717, 1.165) is 18.7 Å². The van der Waals surface area contributed by atoms with E-state index in [-0.39, 0.29) is 5.84 Å². The Hall–Kier alpha value is -1.26. The largest absolute Gasteiger partial charge is 0.409 e. The average Bonchev–Trinajstić information content (AvgIpc) is 2.86. The molecule has 0 spiro atoms. The van der Waals surface area contributed by atoms with Crippen molar-refractivity contribution in [3.8, 4) is 0 Å². The number of nitrogens with zero attached hydrogens (tertiary/aromatic N) is 1. The highest BCUT2D eigenvalue weighted by Crippen LogP contribution is 2.36. The van der Waals surface area contributed by atoms with Gasteiger partial charge in [0.05, 0.1) is 0 Å². The number of benzene rings is 1. The lowest BCUT2D eigenvalue weighted by Crippen LogP contribution is -2.29. The third kappa shape index (κ3) is 3.64. The van der Waals surface area contributed by atoms with E-state index >= 15 is 0 Å². The number of halogens is 1. The molecule has 110 valence electrons. The van der Waals surface area contributed by atoms with E-state index in [1.165, 1.54) is 25.7 Å². The van der Waals surface area contributed by atoms with Crippen LogP contribution in [0.4, 0.5) is 0 Å². The molecule has 2 rings (SSSR count). The van der Waals surface area contributed by atoms with Gasteiger partial charge in [-0.25, -0.2) is 0 Å². The van der Waals surface area contributed by atoms with Crippen molar-refractivity contribution in [3.05, 3.63) is 34.3 Å². The van der Waals surface area contributed by atoms with Gasteiger partial charge < -0.3 is 16.3 Å². The highest BCUT2D eigenvalue weighted by Gasteiger charge is 2.27. The molecule has 1 aliphatic rings. The van der Waals surface area contributed by atoms with E-state index in [2.05, 4.69) is 17.4 Å². The molecule has 0 heterocycles. The van der Waals surface area contributed by atoms with Crippen LogP contribution in [0.2, 0.25) is 5.02 Å². The Morgan fingerprint density at radius 1 is 1.45 bits per heavy atom. The molecule has 0 amide bonds. The van der Waals surface area contributed by atoms with Crippen LogP contribution in [0.5, 0.6) is 0 Å². The van der Waals surface area contributed by atoms with E-state index in [9.17, 15) is 0 Å². The highest BCUT2D eigenvalue weighted by atomic mass is 35.5. The molecule has 0 bridgehead atoms. The summed E-state index contributed by atoms with van der Waals surface area (Å²) in [7, 11) is 0. The third-order valence-electron chi connectivity index (χ3n) is 4.13. The average molecular weight is 296 g/mol.